The number of piperazine rings is 1. The van der Waals surface area contributed by atoms with E-state index in [1.165, 1.54) is 12.4 Å². The lowest BCUT2D eigenvalue weighted by atomic mass is 10.1. The number of nitrogens with one attached hydrogen (secondary N) is 2. The van der Waals surface area contributed by atoms with Crippen LogP contribution in [0.1, 0.15) is 12.0 Å². The largest absolute Gasteiger partial charge is 0.354 e. The van der Waals surface area contributed by atoms with Gasteiger partial charge in [0.2, 0.25) is 24.2 Å². The van der Waals surface area contributed by atoms with Crippen molar-refractivity contribution in [2.24, 2.45) is 0 Å². The number of rotatable bonds is 7. The van der Waals surface area contributed by atoms with Gasteiger partial charge in [-0.05, 0) is 12.0 Å². The fourth-order valence-electron chi connectivity index (χ4n) is 3.09. The highest BCUT2D eigenvalue weighted by Gasteiger charge is 2.31. The topological polar surface area (TPSA) is 103 Å². The Bertz CT molecular complexity index is 747. The van der Waals surface area contributed by atoms with Gasteiger partial charge in [-0.2, -0.15) is 0 Å². The fourth-order valence-corrected chi connectivity index (χ4v) is 3.09. The van der Waals surface area contributed by atoms with Gasteiger partial charge >= 0.3 is 0 Å². The third-order valence-corrected chi connectivity index (χ3v) is 4.56. The summed E-state index contributed by atoms with van der Waals surface area (Å²) in [6.07, 6.45) is 9.30. The van der Waals surface area contributed by atoms with E-state index < -0.39 is 6.04 Å². The Morgan fingerprint density at radius 2 is 2.19 bits per heavy atom. The molecule has 1 aliphatic heterocycles. The monoisotopic (exact) mass is 373 g/mol. The molecule has 2 aromatic rings. The van der Waals surface area contributed by atoms with Gasteiger partial charge in [0.15, 0.2) is 0 Å². The minimum Gasteiger partial charge on any atom is -0.354 e. The SMILES string of the molecule is O=C(NCCCn1ccnc1)C1CNCCN1C(=O)Cc1cc[n+](O)cc1. The number of nitrogens with zero attached hydrogens (tertiary/aromatic N) is 4. The van der Waals surface area contributed by atoms with Crippen molar-refractivity contribution in [3.8, 4) is 0 Å². The predicted octanol–water partition coefficient (Wildman–Crippen LogP) is -1.04. The molecular weight excluding hydrogens is 348 g/mol. The van der Waals surface area contributed by atoms with Gasteiger partial charge in [0, 0.05) is 62.0 Å². The lowest BCUT2D eigenvalue weighted by Gasteiger charge is -2.35. The third-order valence-electron chi connectivity index (χ3n) is 4.56. The number of imidazole rings is 1. The summed E-state index contributed by atoms with van der Waals surface area (Å²) in [4.78, 5) is 30.9. The molecule has 9 heteroatoms. The van der Waals surface area contributed by atoms with Crippen molar-refractivity contribution in [1.29, 1.82) is 0 Å². The number of hydrogen-bond donors (Lipinski definition) is 3. The number of carbonyl (C=O) groups is 2. The summed E-state index contributed by atoms with van der Waals surface area (Å²) in [6.45, 7) is 2.94. The Labute approximate surface area is 157 Å². The zero-order valence-corrected chi connectivity index (χ0v) is 15.1. The summed E-state index contributed by atoms with van der Waals surface area (Å²) < 4.78 is 2.89. The molecule has 0 radical (unpaired) electrons. The second-order valence-corrected chi connectivity index (χ2v) is 6.52. The van der Waals surface area contributed by atoms with E-state index in [0.717, 1.165) is 23.3 Å². The Hall–Kier alpha value is -2.94. The van der Waals surface area contributed by atoms with Crippen molar-refractivity contribution < 1.29 is 19.5 Å². The molecule has 0 saturated carbocycles. The van der Waals surface area contributed by atoms with Crippen LogP contribution in [-0.2, 0) is 22.6 Å². The van der Waals surface area contributed by atoms with Crippen molar-refractivity contribution >= 4 is 11.8 Å². The van der Waals surface area contributed by atoms with Crippen LogP contribution in [0.5, 0.6) is 0 Å². The second kappa shape index (κ2) is 9.13. The summed E-state index contributed by atoms with van der Waals surface area (Å²) in [6, 6.07) is 2.86. The molecular formula is C18H25N6O3+. The van der Waals surface area contributed by atoms with Crippen LogP contribution in [0.15, 0.2) is 43.2 Å². The summed E-state index contributed by atoms with van der Waals surface area (Å²) in [5, 5.41) is 15.4. The molecule has 0 aromatic carbocycles. The Morgan fingerprint density at radius 1 is 1.37 bits per heavy atom. The van der Waals surface area contributed by atoms with Gasteiger partial charge in [0.05, 0.1) is 12.7 Å². The Balaban J connectivity index is 1.51. The van der Waals surface area contributed by atoms with Gasteiger partial charge in [-0.1, -0.05) is 0 Å². The number of amides is 2. The van der Waals surface area contributed by atoms with E-state index in [4.69, 9.17) is 0 Å². The van der Waals surface area contributed by atoms with Crippen molar-refractivity contribution in [3.05, 3.63) is 48.8 Å². The first-order valence-corrected chi connectivity index (χ1v) is 9.06. The van der Waals surface area contributed by atoms with Crippen LogP contribution in [0.25, 0.3) is 0 Å². The molecule has 1 saturated heterocycles. The number of aryl methyl sites for hydroxylation is 1. The molecule has 3 N–H and O–H groups in total. The molecule has 1 unspecified atom stereocenters. The normalized spacial score (nSPS) is 16.9. The average molecular weight is 373 g/mol. The number of aromatic nitrogens is 3. The Kier molecular flexibility index (Phi) is 6.37. The number of hydrogen-bond acceptors (Lipinski definition) is 5. The molecule has 3 heterocycles. The number of pyridine rings is 1. The maximum absolute atomic E-state index is 12.7. The molecule has 9 nitrogen and oxygen atoms in total. The van der Waals surface area contributed by atoms with E-state index >= 15 is 0 Å². The third kappa shape index (κ3) is 5.27. The van der Waals surface area contributed by atoms with E-state index in [9.17, 15) is 14.8 Å². The molecule has 144 valence electrons. The van der Waals surface area contributed by atoms with Crippen molar-refractivity contribution in [3.63, 3.8) is 0 Å². The minimum atomic E-state index is -0.508. The highest BCUT2D eigenvalue weighted by atomic mass is 16.5. The maximum Gasteiger partial charge on any atom is 0.244 e. The molecule has 1 atom stereocenters. The van der Waals surface area contributed by atoms with Crippen molar-refractivity contribution in [2.45, 2.75) is 25.4 Å². The summed E-state index contributed by atoms with van der Waals surface area (Å²) >= 11 is 0. The van der Waals surface area contributed by atoms with Gasteiger partial charge in [-0.3, -0.25) is 14.8 Å². The van der Waals surface area contributed by atoms with Crippen molar-refractivity contribution in [2.75, 3.05) is 26.2 Å². The van der Waals surface area contributed by atoms with Gasteiger partial charge in [0.25, 0.3) is 0 Å². The fraction of sp³-hybridized carbons (Fsp3) is 0.444. The average Bonchev–Trinajstić information content (AvgIpc) is 3.20. The number of carbonyl (C=O) groups excluding carboxylic acids is 2. The van der Waals surface area contributed by atoms with Gasteiger partial charge in [-0.25, -0.2) is 4.98 Å². The predicted molar refractivity (Wildman–Crippen MR) is 95.7 cm³/mol. The van der Waals surface area contributed by atoms with Crippen LogP contribution in [0, 0.1) is 0 Å². The highest BCUT2D eigenvalue weighted by Crippen LogP contribution is 2.08. The summed E-state index contributed by atoms with van der Waals surface area (Å²) in [5.41, 5.74) is 0.795. The van der Waals surface area contributed by atoms with Crippen LogP contribution in [-0.4, -0.2) is 63.7 Å². The lowest BCUT2D eigenvalue weighted by Crippen LogP contribution is -2.60. The molecule has 0 spiro atoms. The van der Waals surface area contributed by atoms with E-state index in [0.29, 0.717) is 26.2 Å². The van der Waals surface area contributed by atoms with E-state index in [-0.39, 0.29) is 18.2 Å². The molecule has 2 amide bonds. The molecule has 2 aromatic heterocycles. The zero-order chi connectivity index (χ0) is 19.1. The summed E-state index contributed by atoms with van der Waals surface area (Å²) in [7, 11) is 0. The van der Waals surface area contributed by atoms with Crippen LogP contribution in [0.2, 0.25) is 0 Å². The van der Waals surface area contributed by atoms with Crippen LogP contribution in [0.3, 0.4) is 0 Å². The van der Waals surface area contributed by atoms with Crippen LogP contribution < -0.4 is 15.4 Å². The van der Waals surface area contributed by atoms with E-state index in [1.807, 2.05) is 10.8 Å². The van der Waals surface area contributed by atoms with Gasteiger partial charge in [0.1, 0.15) is 6.04 Å². The second-order valence-electron chi connectivity index (χ2n) is 6.52. The molecule has 27 heavy (non-hydrogen) atoms. The quantitative estimate of drug-likeness (QED) is 0.327. The van der Waals surface area contributed by atoms with Gasteiger partial charge < -0.3 is 20.1 Å². The first kappa shape index (κ1) is 18.8. The molecule has 3 rings (SSSR count). The first-order valence-electron chi connectivity index (χ1n) is 9.06. The smallest absolute Gasteiger partial charge is 0.244 e. The van der Waals surface area contributed by atoms with Crippen molar-refractivity contribution in [1.82, 2.24) is 25.1 Å². The Morgan fingerprint density at radius 3 is 2.93 bits per heavy atom. The van der Waals surface area contributed by atoms with E-state index in [2.05, 4.69) is 15.6 Å². The minimum absolute atomic E-state index is 0.0919. The maximum atomic E-state index is 12.7. The van der Waals surface area contributed by atoms with Crippen LogP contribution >= 0.6 is 0 Å². The molecule has 0 aliphatic carbocycles. The van der Waals surface area contributed by atoms with Gasteiger partial charge in [-0.15, -0.1) is 0 Å². The lowest BCUT2D eigenvalue weighted by molar-refractivity contribution is -0.904. The summed E-state index contributed by atoms with van der Waals surface area (Å²) in [5.74, 6) is -0.229. The molecule has 0 bridgehead atoms. The standard InChI is InChI=1S/C18H24N6O3/c25-17(12-15-2-8-23(27)9-3-15)24-11-6-19-13-16(24)18(26)21-4-1-7-22-10-5-20-14-22/h2-3,5,8-10,14,16,19H,1,4,6-7,11-13H2,(H-,21,26,27)/p+1. The molecule has 1 aliphatic rings. The highest BCUT2D eigenvalue weighted by molar-refractivity contribution is 5.88. The van der Waals surface area contributed by atoms with E-state index in [1.54, 1.807) is 29.6 Å². The first-order chi connectivity index (χ1) is 13.1. The molecule has 1 fully saturated rings. The van der Waals surface area contributed by atoms with Crippen LogP contribution in [0.4, 0.5) is 0 Å². The zero-order valence-electron chi connectivity index (χ0n) is 15.1.